The van der Waals surface area contributed by atoms with Crippen molar-refractivity contribution in [1.82, 2.24) is 0 Å². The summed E-state index contributed by atoms with van der Waals surface area (Å²) in [5, 5.41) is 0.201. The van der Waals surface area contributed by atoms with Crippen molar-refractivity contribution < 1.29 is 31.9 Å². The van der Waals surface area contributed by atoms with Gasteiger partial charge in [0.15, 0.2) is 0 Å². The molecule has 0 saturated heterocycles. The van der Waals surface area contributed by atoms with Gasteiger partial charge in [-0.15, -0.1) is 0 Å². The summed E-state index contributed by atoms with van der Waals surface area (Å²) in [6, 6.07) is 8.79. The average Bonchev–Trinajstić information content (AvgIpc) is 2.61. The highest BCUT2D eigenvalue weighted by atomic mass is 35.5. The molecule has 0 aliphatic carbocycles. The topological polar surface area (TPSA) is 65.7 Å². The molecule has 9 heteroatoms. The highest BCUT2D eigenvalue weighted by Crippen LogP contribution is 2.38. The second-order valence-electron chi connectivity index (χ2n) is 5.35. The number of halogens is 4. The predicted molar refractivity (Wildman–Crippen MR) is 91.0 cm³/mol. The van der Waals surface area contributed by atoms with E-state index in [2.05, 4.69) is 4.74 Å². The summed E-state index contributed by atoms with van der Waals surface area (Å²) in [6.45, 7) is 0. The molecule has 0 aliphatic heterocycles. The molecule has 0 unspecified atom stereocenters. The predicted octanol–water partition coefficient (Wildman–Crippen LogP) is 5.28. The van der Waals surface area contributed by atoms with E-state index in [1.54, 1.807) is 0 Å². The number of methoxy groups -OCH3 is 1. The number of alkyl halides is 3. The normalized spacial score (nSPS) is 11.4. The smallest absolute Gasteiger partial charge is 0.450 e. The minimum Gasteiger partial charge on any atom is -0.450 e. The molecule has 27 heavy (non-hydrogen) atoms. The van der Waals surface area contributed by atoms with Gasteiger partial charge in [0.1, 0.15) is 11.3 Å². The van der Waals surface area contributed by atoms with Crippen molar-refractivity contribution in [2.75, 3.05) is 7.11 Å². The van der Waals surface area contributed by atoms with Gasteiger partial charge in [-0.2, -0.15) is 13.2 Å². The van der Waals surface area contributed by atoms with Crippen LogP contribution in [0.1, 0.15) is 5.76 Å². The van der Waals surface area contributed by atoms with Gasteiger partial charge >= 0.3 is 12.3 Å². The number of ether oxygens (including phenoxy) is 2. The molecule has 0 N–H and O–H groups in total. The van der Waals surface area contributed by atoms with E-state index in [-0.39, 0.29) is 22.3 Å². The molecule has 1 heterocycles. The summed E-state index contributed by atoms with van der Waals surface area (Å²) in [6.07, 6.45) is -5.99. The van der Waals surface area contributed by atoms with Gasteiger partial charge in [0, 0.05) is 11.1 Å². The third-order valence-electron chi connectivity index (χ3n) is 3.62. The van der Waals surface area contributed by atoms with Crippen molar-refractivity contribution >= 4 is 28.7 Å². The van der Waals surface area contributed by atoms with Crippen LogP contribution in [0, 0.1) is 0 Å². The van der Waals surface area contributed by atoms with Gasteiger partial charge in [0.25, 0.3) is 0 Å². The van der Waals surface area contributed by atoms with Gasteiger partial charge < -0.3 is 13.9 Å². The number of rotatable bonds is 2. The Bertz CT molecular complexity index is 1070. The fraction of sp³-hybridized carbons (Fsp3) is 0.111. The Labute approximate surface area is 154 Å². The molecular weight excluding hydrogens is 389 g/mol. The Hall–Kier alpha value is -3.00. The van der Waals surface area contributed by atoms with Crippen LogP contribution in [0.4, 0.5) is 18.0 Å². The fourth-order valence-corrected chi connectivity index (χ4v) is 2.58. The Morgan fingerprint density at radius 2 is 1.78 bits per heavy atom. The number of hydrogen-bond acceptors (Lipinski definition) is 5. The molecule has 0 radical (unpaired) electrons. The van der Waals surface area contributed by atoms with E-state index in [4.69, 9.17) is 20.8 Å². The van der Waals surface area contributed by atoms with Crippen LogP contribution >= 0.6 is 11.6 Å². The zero-order valence-electron chi connectivity index (χ0n) is 13.6. The van der Waals surface area contributed by atoms with Crippen LogP contribution in [-0.4, -0.2) is 13.3 Å². The summed E-state index contributed by atoms with van der Waals surface area (Å²) in [7, 11) is 1.07. The minimum atomic E-state index is -4.93. The number of carbonyl (C=O) groups is 1. The van der Waals surface area contributed by atoms with Gasteiger partial charge in [-0.3, -0.25) is 4.79 Å². The average molecular weight is 399 g/mol. The van der Waals surface area contributed by atoms with Crippen molar-refractivity contribution in [2.24, 2.45) is 0 Å². The number of benzene rings is 2. The van der Waals surface area contributed by atoms with Crippen LogP contribution in [0.2, 0.25) is 5.02 Å². The van der Waals surface area contributed by atoms with E-state index >= 15 is 0 Å². The SMILES string of the molecule is COC(=O)Oc1ccc2c(=O)c(-c3ccc(Cl)cc3)c(C(F)(F)F)oc2c1. The second-order valence-corrected chi connectivity index (χ2v) is 5.79. The fourth-order valence-electron chi connectivity index (χ4n) is 2.45. The molecule has 1 aromatic heterocycles. The third kappa shape index (κ3) is 3.75. The third-order valence-corrected chi connectivity index (χ3v) is 3.87. The molecular formula is C18H10ClF3O5. The maximum Gasteiger partial charge on any atom is 0.513 e. The first-order valence-electron chi connectivity index (χ1n) is 7.40. The van der Waals surface area contributed by atoms with Crippen molar-refractivity contribution in [3.8, 4) is 16.9 Å². The Kier molecular flexibility index (Phi) is 4.84. The summed E-state index contributed by atoms with van der Waals surface area (Å²) < 4.78 is 54.6. The molecule has 0 amide bonds. The Morgan fingerprint density at radius 3 is 2.37 bits per heavy atom. The highest BCUT2D eigenvalue weighted by molar-refractivity contribution is 6.30. The molecule has 0 fully saturated rings. The van der Waals surface area contributed by atoms with Crippen LogP contribution in [0.3, 0.4) is 0 Å². The highest BCUT2D eigenvalue weighted by Gasteiger charge is 2.39. The molecule has 140 valence electrons. The van der Waals surface area contributed by atoms with E-state index in [1.165, 1.54) is 36.4 Å². The monoisotopic (exact) mass is 398 g/mol. The lowest BCUT2D eigenvalue weighted by Gasteiger charge is -2.13. The Morgan fingerprint density at radius 1 is 1.11 bits per heavy atom. The zero-order chi connectivity index (χ0) is 19.8. The summed E-state index contributed by atoms with van der Waals surface area (Å²) in [4.78, 5) is 23.9. The van der Waals surface area contributed by atoms with E-state index < -0.39 is 29.1 Å². The number of carbonyl (C=O) groups excluding carboxylic acids is 1. The first kappa shape index (κ1) is 18.8. The van der Waals surface area contributed by atoms with Gasteiger partial charge in [0.05, 0.1) is 18.1 Å². The van der Waals surface area contributed by atoms with E-state index in [9.17, 15) is 22.8 Å². The molecule has 0 atom stereocenters. The molecule has 0 saturated carbocycles. The summed E-state index contributed by atoms with van der Waals surface area (Å²) in [5.41, 5.74) is -1.88. The van der Waals surface area contributed by atoms with E-state index in [0.29, 0.717) is 5.02 Å². The summed E-state index contributed by atoms with van der Waals surface area (Å²) in [5.74, 6) is -1.59. The second kappa shape index (κ2) is 6.96. The molecule has 0 bridgehead atoms. The minimum absolute atomic E-state index is 0.0114. The quantitative estimate of drug-likeness (QED) is 0.434. The van der Waals surface area contributed by atoms with Crippen molar-refractivity contribution in [1.29, 1.82) is 0 Å². The van der Waals surface area contributed by atoms with Crippen molar-refractivity contribution in [2.45, 2.75) is 6.18 Å². The van der Waals surface area contributed by atoms with Crippen LogP contribution in [0.5, 0.6) is 5.75 Å². The zero-order valence-corrected chi connectivity index (χ0v) is 14.4. The standard InChI is InChI=1S/C18H10ClF3O5/c1-25-17(24)26-11-6-7-12-13(8-11)27-16(18(20,21)22)14(15(12)23)9-2-4-10(19)5-3-9/h2-8H,1H3. The van der Waals surface area contributed by atoms with Gasteiger partial charge in [-0.1, -0.05) is 23.7 Å². The molecule has 3 rings (SSSR count). The van der Waals surface area contributed by atoms with Gasteiger partial charge in [0.2, 0.25) is 11.2 Å². The molecule has 3 aromatic rings. The van der Waals surface area contributed by atoms with Crippen LogP contribution in [-0.2, 0) is 10.9 Å². The largest absolute Gasteiger partial charge is 0.513 e. The lowest BCUT2D eigenvalue weighted by Crippen LogP contribution is -2.16. The number of hydrogen-bond donors (Lipinski definition) is 0. The first-order valence-corrected chi connectivity index (χ1v) is 7.78. The van der Waals surface area contributed by atoms with Gasteiger partial charge in [-0.05, 0) is 29.8 Å². The molecule has 5 nitrogen and oxygen atoms in total. The summed E-state index contributed by atoms with van der Waals surface area (Å²) >= 11 is 5.76. The van der Waals surface area contributed by atoms with E-state index in [0.717, 1.165) is 13.2 Å². The van der Waals surface area contributed by atoms with Crippen molar-refractivity contribution in [3.63, 3.8) is 0 Å². The first-order chi connectivity index (χ1) is 12.7. The maximum absolute atomic E-state index is 13.5. The maximum atomic E-state index is 13.5. The van der Waals surface area contributed by atoms with Gasteiger partial charge in [-0.25, -0.2) is 4.79 Å². The lowest BCUT2D eigenvalue weighted by molar-refractivity contribution is -0.152. The van der Waals surface area contributed by atoms with Crippen LogP contribution in [0.15, 0.2) is 51.7 Å². The van der Waals surface area contributed by atoms with Crippen molar-refractivity contribution in [3.05, 3.63) is 63.5 Å². The number of fused-ring (bicyclic) bond motifs is 1. The lowest BCUT2D eigenvalue weighted by atomic mass is 10.0. The van der Waals surface area contributed by atoms with Crippen LogP contribution in [0.25, 0.3) is 22.1 Å². The van der Waals surface area contributed by atoms with Crippen LogP contribution < -0.4 is 10.2 Å². The van der Waals surface area contributed by atoms with E-state index in [1.807, 2.05) is 0 Å². The molecule has 2 aromatic carbocycles. The molecule has 0 aliphatic rings. The Balaban J connectivity index is 2.27. The molecule has 0 spiro atoms.